The van der Waals surface area contributed by atoms with Crippen LogP contribution in [0.1, 0.15) is 37.0 Å². The lowest BCUT2D eigenvalue weighted by Gasteiger charge is -2.19. The number of aromatic nitrogens is 2. The van der Waals surface area contributed by atoms with Crippen LogP contribution < -0.4 is 15.0 Å². The highest BCUT2D eigenvalue weighted by atomic mass is 19.4. The standard InChI is InChI=1S/C30H28F3N3O3/c1-5-10-21-15-20(16-26(38-4)27(21)39-19(3)6-2)18-34-36-28(22-11-9-12-23(17-22)30(31,32)33)35-25-14-8-7-13-24(25)29(36)37/h5,7-9,11-19H,1,6,10H2,2-4H3/t19-/m0/s1. The molecule has 6 nitrogen and oxygen atoms in total. The summed E-state index contributed by atoms with van der Waals surface area (Å²) in [4.78, 5) is 18.0. The number of allylic oxidation sites excluding steroid dienone is 1. The van der Waals surface area contributed by atoms with E-state index in [1.807, 2.05) is 19.9 Å². The van der Waals surface area contributed by atoms with Crippen LogP contribution in [0.5, 0.6) is 11.5 Å². The van der Waals surface area contributed by atoms with Gasteiger partial charge in [-0.3, -0.25) is 4.79 Å². The number of alkyl halides is 3. The molecule has 202 valence electrons. The van der Waals surface area contributed by atoms with Crippen LogP contribution in [-0.4, -0.2) is 29.1 Å². The van der Waals surface area contributed by atoms with E-state index in [0.29, 0.717) is 29.0 Å². The highest BCUT2D eigenvalue weighted by Crippen LogP contribution is 2.35. The van der Waals surface area contributed by atoms with Gasteiger partial charge in [-0.1, -0.05) is 37.3 Å². The number of hydrogen-bond donors (Lipinski definition) is 0. The molecule has 39 heavy (non-hydrogen) atoms. The summed E-state index contributed by atoms with van der Waals surface area (Å²) in [5, 5.41) is 4.68. The maximum atomic E-state index is 13.5. The first kappa shape index (κ1) is 27.6. The Morgan fingerprint density at radius 1 is 1.13 bits per heavy atom. The average molecular weight is 536 g/mol. The molecular weight excluding hydrogens is 507 g/mol. The molecule has 0 spiro atoms. The molecule has 4 aromatic rings. The van der Waals surface area contributed by atoms with Gasteiger partial charge < -0.3 is 9.47 Å². The second kappa shape index (κ2) is 11.6. The molecule has 0 radical (unpaired) electrons. The van der Waals surface area contributed by atoms with E-state index >= 15 is 0 Å². The summed E-state index contributed by atoms with van der Waals surface area (Å²) in [6.07, 6.45) is -0.121. The quantitative estimate of drug-likeness (QED) is 0.173. The molecule has 1 heterocycles. The largest absolute Gasteiger partial charge is 0.493 e. The van der Waals surface area contributed by atoms with Gasteiger partial charge in [-0.05, 0) is 61.7 Å². The number of hydrogen-bond acceptors (Lipinski definition) is 5. The SMILES string of the molecule is C=CCc1cc(C=Nn2c(-c3cccc(C(F)(F)F)c3)nc3ccccc3c2=O)cc(OC)c1O[C@@H](C)CC. The first-order chi connectivity index (χ1) is 18.7. The summed E-state index contributed by atoms with van der Waals surface area (Å²) >= 11 is 0. The Labute approximate surface area is 224 Å². The van der Waals surface area contributed by atoms with Crippen LogP contribution in [0.4, 0.5) is 13.2 Å². The van der Waals surface area contributed by atoms with Gasteiger partial charge in [-0.2, -0.15) is 22.9 Å². The van der Waals surface area contributed by atoms with Crippen molar-refractivity contribution in [1.82, 2.24) is 9.66 Å². The maximum Gasteiger partial charge on any atom is 0.416 e. The van der Waals surface area contributed by atoms with Gasteiger partial charge in [0.2, 0.25) is 0 Å². The van der Waals surface area contributed by atoms with Crippen LogP contribution in [0.15, 0.2) is 83.2 Å². The minimum atomic E-state index is -4.56. The number of fused-ring (bicyclic) bond motifs is 1. The Balaban J connectivity index is 1.89. The number of rotatable bonds is 9. The molecule has 0 aliphatic heterocycles. The lowest BCUT2D eigenvalue weighted by atomic mass is 10.1. The van der Waals surface area contributed by atoms with Crippen molar-refractivity contribution in [3.63, 3.8) is 0 Å². The van der Waals surface area contributed by atoms with Crippen molar-refractivity contribution in [1.29, 1.82) is 0 Å². The van der Waals surface area contributed by atoms with E-state index in [1.165, 1.54) is 25.5 Å². The van der Waals surface area contributed by atoms with Gasteiger partial charge in [-0.15, -0.1) is 6.58 Å². The van der Waals surface area contributed by atoms with Crippen molar-refractivity contribution in [2.75, 3.05) is 7.11 Å². The Bertz CT molecular complexity index is 1590. The molecule has 0 aliphatic rings. The fourth-order valence-electron chi connectivity index (χ4n) is 4.01. The summed E-state index contributed by atoms with van der Waals surface area (Å²) in [5.41, 5.74) is 0.492. The molecule has 9 heteroatoms. The van der Waals surface area contributed by atoms with Crippen LogP contribution >= 0.6 is 0 Å². The lowest BCUT2D eigenvalue weighted by molar-refractivity contribution is -0.137. The first-order valence-corrected chi connectivity index (χ1v) is 12.4. The highest BCUT2D eigenvalue weighted by molar-refractivity contribution is 5.83. The monoisotopic (exact) mass is 535 g/mol. The molecule has 0 amide bonds. The van der Waals surface area contributed by atoms with Gasteiger partial charge in [-0.25, -0.2) is 4.98 Å². The molecule has 3 aromatic carbocycles. The van der Waals surface area contributed by atoms with Gasteiger partial charge in [0.25, 0.3) is 5.56 Å². The molecule has 0 fully saturated rings. The second-order valence-electron chi connectivity index (χ2n) is 8.93. The van der Waals surface area contributed by atoms with Gasteiger partial charge >= 0.3 is 6.18 Å². The molecule has 0 N–H and O–H groups in total. The third kappa shape index (κ3) is 6.03. The van der Waals surface area contributed by atoms with Crippen molar-refractivity contribution in [3.05, 3.63) is 100 Å². The minimum absolute atomic E-state index is 0.0175. The number of nitrogens with zero attached hydrogens (tertiary/aromatic N) is 3. The van der Waals surface area contributed by atoms with E-state index in [9.17, 15) is 18.0 Å². The summed E-state index contributed by atoms with van der Waals surface area (Å²) in [7, 11) is 1.53. The Kier molecular flexibility index (Phi) is 8.18. The zero-order valence-corrected chi connectivity index (χ0v) is 21.8. The highest BCUT2D eigenvalue weighted by Gasteiger charge is 2.31. The molecule has 4 rings (SSSR count). The van der Waals surface area contributed by atoms with E-state index in [-0.39, 0.29) is 22.9 Å². The number of halogens is 3. The molecular formula is C30H28F3N3O3. The number of methoxy groups -OCH3 is 1. The predicted molar refractivity (Wildman–Crippen MR) is 147 cm³/mol. The fourth-order valence-corrected chi connectivity index (χ4v) is 4.01. The number of benzene rings is 3. The number of ether oxygens (including phenoxy) is 2. The van der Waals surface area contributed by atoms with Crippen molar-refractivity contribution in [2.24, 2.45) is 5.10 Å². The van der Waals surface area contributed by atoms with E-state index in [0.717, 1.165) is 28.8 Å². The summed E-state index contributed by atoms with van der Waals surface area (Å²) in [5.74, 6) is 1.06. The smallest absolute Gasteiger partial charge is 0.416 e. The van der Waals surface area contributed by atoms with Gasteiger partial charge in [0.15, 0.2) is 17.3 Å². The maximum absolute atomic E-state index is 13.5. The third-order valence-corrected chi connectivity index (χ3v) is 6.16. The van der Waals surface area contributed by atoms with Crippen LogP contribution in [0.25, 0.3) is 22.3 Å². The van der Waals surface area contributed by atoms with Crippen molar-refractivity contribution >= 4 is 17.1 Å². The van der Waals surface area contributed by atoms with Crippen molar-refractivity contribution in [3.8, 4) is 22.9 Å². The normalized spacial score (nSPS) is 12.6. The zero-order valence-electron chi connectivity index (χ0n) is 21.8. The number of para-hydroxylation sites is 1. The van der Waals surface area contributed by atoms with Gasteiger partial charge in [0, 0.05) is 11.1 Å². The fraction of sp³-hybridized carbons (Fsp3) is 0.233. The summed E-state index contributed by atoms with van der Waals surface area (Å²) in [6.45, 7) is 7.80. The van der Waals surface area contributed by atoms with Crippen LogP contribution in [-0.2, 0) is 12.6 Å². The van der Waals surface area contributed by atoms with Crippen LogP contribution in [0.3, 0.4) is 0 Å². The first-order valence-electron chi connectivity index (χ1n) is 12.4. The molecule has 0 saturated carbocycles. The Morgan fingerprint density at radius 2 is 1.90 bits per heavy atom. The summed E-state index contributed by atoms with van der Waals surface area (Å²) < 4.78 is 53.0. The molecule has 0 unspecified atom stereocenters. The molecule has 0 bridgehead atoms. The molecule has 0 aliphatic carbocycles. The van der Waals surface area contributed by atoms with Crippen LogP contribution in [0, 0.1) is 0 Å². The lowest BCUT2D eigenvalue weighted by Crippen LogP contribution is -2.20. The minimum Gasteiger partial charge on any atom is -0.493 e. The van der Waals surface area contributed by atoms with Crippen molar-refractivity contribution in [2.45, 2.75) is 39.0 Å². The Morgan fingerprint density at radius 3 is 2.59 bits per heavy atom. The van der Waals surface area contributed by atoms with E-state index in [2.05, 4.69) is 16.7 Å². The van der Waals surface area contributed by atoms with E-state index in [4.69, 9.17) is 9.47 Å². The van der Waals surface area contributed by atoms with Gasteiger partial charge in [0.1, 0.15) is 0 Å². The third-order valence-electron chi connectivity index (χ3n) is 6.16. The van der Waals surface area contributed by atoms with E-state index < -0.39 is 17.3 Å². The molecule has 0 saturated heterocycles. The molecule has 1 atom stereocenters. The van der Waals surface area contributed by atoms with E-state index in [1.54, 1.807) is 36.4 Å². The molecule has 1 aromatic heterocycles. The second-order valence-corrected chi connectivity index (χ2v) is 8.93. The van der Waals surface area contributed by atoms with Gasteiger partial charge in [0.05, 0.1) is 35.9 Å². The average Bonchev–Trinajstić information content (AvgIpc) is 2.93. The zero-order chi connectivity index (χ0) is 28.2. The van der Waals surface area contributed by atoms with Crippen molar-refractivity contribution < 1.29 is 22.6 Å². The Hall–Kier alpha value is -4.40. The predicted octanol–water partition coefficient (Wildman–Crippen LogP) is 6.88. The topological polar surface area (TPSA) is 65.7 Å². The van der Waals surface area contributed by atoms with Crippen LogP contribution in [0.2, 0.25) is 0 Å². The summed E-state index contributed by atoms with van der Waals surface area (Å²) in [6, 6.07) is 14.8.